The molecule has 0 unspecified atom stereocenters. The highest BCUT2D eigenvalue weighted by Crippen LogP contribution is 2.29. The summed E-state index contributed by atoms with van der Waals surface area (Å²) in [6.07, 6.45) is -2.48. The Labute approximate surface area is 131 Å². The lowest BCUT2D eigenvalue weighted by Crippen LogP contribution is -2.18. The van der Waals surface area contributed by atoms with Gasteiger partial charge in [0, 0.05) is 26.0 Å². The van der Waals surface area contributed by atoms with Gasteiger partial charge in [-0.3, -0.25) is 9.88 Å². The smallest absolute Gasteiger partial charge is 0.374 e. The van der Waals surface area contributed by atoms with Crippen LogP contribution in [0.25, 0.3) is 0 Å². The number of rotatable bonds is 6. The molecule has 0 aliphatic rings. The first kappa shape index (κ1) is 17.4. The number of ether oxygens (including phenoxy) is 1. The molecule has 0 amide bonds. The lowest BCUT2D eigenvalue weighted by Gasteiger charge is -2.15. The van der Waals surface area contributed by atoms with E-state index in [4.69, 9.17) is 9.26 Å². The highest BCUT2D eigenvalue weighted by Gasteiger charge is 2.31. The molecule has 126 valence electrons. The van der Waals surface area contributed by atoms with Crippen molar-refractivity contribution in [2.24, 2.45) is 0 Å². The Bertz CT molecular complexity index is 645. The first-order valence-electron chi connectivity index (χ1n) is 6.84. The van der Waals surface area contributed by atoms with Crippen LogP contribution in [0.15, 0.2) is 23.0 Å². The Morgan fingerprint density at radius 3 is 2.70 bits per heavy atom. The maximum Gasteiger partial charge on any atom is 0.417 e. The molecule has 0 bridgehead atoms. The molecule has 0 saturated heterocycles. The minimum atomic E-state index is -4.40. The van der Waals surface area contributed by atoms with E-state index in [0.29, 0.717) is 23.8 Å². The van der Waals surface area contributed by atoms with Crippen LogP contribution in [0.5, 0.6) is 0 Å². The largest absolute Gasteiger partial charge is 0.417 e. The minimum absolute atomic E-state index is 0.272. The maximum atomic E-state index is 12.7. The predicted molar refractivity (Wildman–Crippen MR) is 74.1 cm³/mol. The monoisotopic (exact) mass is 330 g/mol. The van der Waals surface area contributed by atoms with Crippen molar-refractivity contribution < 1.29 is 22.4 Å². The molecule has 0 N–H and O–H groups in total. The summed E-state index contributed by atoms with van der Waals surface area (Å²) in [5.74, 6) is 0.794. The van der Waals surface area contributed by atoms with Crippen molar-refractivity contribution >= 4 is 0 Å². The van der Waals surface area contributed by atoms with E-state index in [2.05, 4.69) is 15.1 Å². The van der Waals surface area contributed by atoms with Crippen molar-refractivity contribution in [2.75, 3.05) is 14.2 Å². The number of nitrogens with zero attached hydrogens (tertiary/aromatic N) is 4. The van der Waals surface area contributed by atoms with E-state index >= 15 is 0 Å². The van der Waals surface area contributed by atoms with Crippen LogP contribution in [0.4, 0.5) is 13.2 Å². The SMILES string of the molecule is CO[C@@H](C)c1noc(CN(C)Cc2cncc(C(F)(F)F)c2)n1. The molecule has 0 aliphatic carbocycles. The van der Waals surface area contributed by atoms with Gasteiger partial charge in [0.1, 0.15) is 6.10 Å². The van der Waals surface area contributed by atoms with Gasteiger partial charge >= 0.3 is 6.18 Å². The average Bonchev–Trinajstić information content (AvgIpc) is 2.94. The van der Waals surface area contributed by atoms with Crippen LogP contribution in [0.1, 0.15) is 35.9 Å². The molecule has 0 radical (unpaired) electrons. The number of halogens is 3. The zero-order chi connectivity index (χ0) is 17.0. The van der Waals surface area contributed by atoms with Gasteiger partial charge < -0.3 is 9.26 Å². The van der Waals surface area contributed by atoms with Gasteiger partial charge in [0.2, 0.25) is 5.89 Å². The molecule has 0 fully saturated rings. The van der Waals surface area contributed by atoms with Crippen LogP contribution in [0.2, 0.25) is 0 Å². The van der Waals surface area contributed by atoms with E-state index in [1.54, 1.807) is 18.9 Å². The van der Waals surface area contributed by atoms with Crippen molar-refractivity contribution in [2.45, 2.75) is 32.3 Å². The normalized spacial score (nSPS) is 13.5. The minimum Gasteiger partial charge on any atom is -0.374 e. The fourth-order valence-corrected chi connectivity index (χ4v) is 1.93. The van der Waals surface area contributed by atoms with Gasteiger partial charge in [-0.1, -0.05) is 5.16 Å². The fourth-order valence-electron chi connectivity index (χ4n) is 1.93. The second kappa shape index (κ2) is 7.05. The summed E-state index contributed by atoms with van der Waals surface area (Å²) in [6, 6.07) is 1.08. The summed E-state index contributed by atoms with van der Waals surface area (Å²) in [7, 11) is 3.28. The van der Waals surface area contributed by atoms with Gasteiger partial charge in [0.15, 0.2) is 5.82 Å². The van der Waals surface area contributed by atoms with Gasteiger partial charge in [-0.15, -0.1) is 0 Å². The lowest BCUT2D eigenvalue weighted by molar-refractivity contribution is -0.137. The van der Waals surface area contributed by atoms with Gasteiger partial charge in [0.05, 0.1) is 12.1 Å². The van der Waals surface area contributed by atoms with E-state index in [-0.39, 0.29) is 12.6 Å². The van der Waals surface area contributed by atoms with Crippen molar-refractivity contribution in [1.29, 1.82) is 0 Å². The van der Waals surface area contributed by atoms with E-state index in [0.717, 1.165) is 12.3 Å². The molecule has 0 aromatic carbocycles. The van der Waals surface area contributed by atoms with Crippen LogP contribution in [0.3, 0.4) is 0 Å². The third kappa shape index (κ3) is 4.73. The Balaban J connectivity index is 1.99. The van der Waals surface area contributed by atoms with Crippen molar-refractivity contribution in [1.82, 2.24) is 20.0 Å². The third-order valence-electron chi connectivity index (χ3n) is 3.18. The molecule has 2 aromatic heterocycles. The van der Waals surface area contributed by atoms with Gasteiger partial charge in [-0.25, -0.2) is 0 Å². The number of methoxy groups -OCH3 is 1. The van der Waals surface area contributed by atoms with Crippen LogP contribution < -0.4 is 0 Å². The highest BCUT2D eigenvalue weighted by molar-refractivity contribution is 5.20. The first-order valence-corrected chi connectivity index (χ1v) is 6.84. The molecule has 1 atom stereocenters. The number of aromatic nitrogens is 3. The summed E-state index contributed by atoms with van der Waals surface area (Å²) in [5, 5.41) is 3.79. The molecule has 9 heteroatoms. The van der Waals surface area contributed by atoms with Crippen LogP contribution in [0, 0.1) is 0 Å². The van der Waals surface area contributed by atoms with E-state index in [9.17, 15) is 13.2 Å². The van der Waals surface area contributed by atoms with Gasteiger partial charge in [-0.2, -0.15) is 18.2 Å². The molecule has 2 heterocycles. The molecular weight excluding hydrogens is 313 g/mol. The third-order valence-corrected chi connectivity index (χ3v) is 3.18. The molecule has 23 heavy (non-hydrogen) atoms. The summed E-state index contributed by atoms with van der Waals surface area (Å²) < 4.78 is 48.2. The quantitative estimate of drug-likeness (QED) is 0.811. The van der Waals surface area contributed by atoms with Crippen molar-refractivity contribution in [3.05, 3.63) is 41.3 Å². The summed E-state index contributed by atoms with van der Waals surface area (Å²) >= 11 is 0. The maximum absolute atomic E-state index is 12.7. The Morgan fingerprint density at radius 1 is 1.30 bits per heavy atom. The number of hydrogen-bond acceptors (Lipinski definition) is 6. The van der Waals surface area contributed by atoms with Crippen LogP contribution in [-0.2, 0) is 24.0 Å². The van der Waals surface area contributed by atoms with E-state index in [1.165, 1.54) is 13.3 Å². The van der Waals surface area contributed by atoms with E-state index < -0.39 is 11.7 Å². The topological polar surface area (TPSA) is 64.3 Å². The molecule has 0 spiro atoms. The standard InChI is InChI=1S/C14H17F3N4O2/c1-9(22-3)13-19-12(23-20-13)8-21(2)7-10-4-11(6-18-5-10)14(15,16)17/h4-6,9H,7-8H2,1-3H3/t9-/m0/s1. The number of pyridine rings is 1. The number of hydrogen-bond donors (Lipinski definition) is 0. The van der Waals surface area contributed by atoms with Crippen molar-refractivity contribution in [3.63, 3.8) is 0 Å². The van der Waals surface area contributed by atoms with Crippen molar-refractivity contribution in [3.8, 4) is 0 Å². The number of alkyl halides is 3. The second-order valence-corrected chi connectivity index (χ2v) is 5.18. The summed E-state index contributed by atoms with van der Waals surface area (Å²) in [6.45, 7) is 2.36. The van der Waals surface area contributed by atoms with Crippen LogP contribution in [-0.4, -0.2) is 34.2 Å². The Kier molecular flexibility index (Phi) is 5.32. The van der Waals surface area contributed by atoms with Crippen LogP contribution >= 0.6 is 0 Å². The van der Waals surface area contributed by atoms with Gasteiger partial charge in [0.25, 0.3) is 0 Å². The zero-order valence-corrected chi connectivity index (χ0v) is 13.0. The summed E-state index contributed by atoms with van der Waals surface area (Å²) in [4.78, 5) is 9.57. The second-order valence-electron chi connectivity index (χ2n) is 5.18. The van der Waals surface area contributed by atoms with E-state index in [1.807, 2.05) is 0 Å². The molecule has 2 aromatic rings. The Hall–Kier alpha value is -2.00. The zero-order valence-electron chi connectivity index (χ0n) is 13.0. The summed E-state index contributed by atoms with van der Waals surface area (Å²) in [5.41, 5.74) is -0.315. The average molecular weight is 330 g/mol. The molecule has 0 saturated carbocycles. The fraction of sp³-hybridized carbons (Fsp3) is 0.500. The molecule has 0 aliphatic heterocycles. The first-order chi connectivity index (χ1) is 10.8. The molecule has 2 rings (SSSR count). The predicted octanol–water partition coefficient (Wildman–Crippen LogP) is 2.82. The van der Waals surface area contributed by atoms with Gasteiger partial charge in [-0.05, 0) is 25.6 Å². The molecule has 6 nitrogen and oxygen atoms in total. The lowest BCUT2D eigenvalue weighted by atomic mass is 10.2. The highest BCUT2D eigenvalue weighted by atomic mass is 19.4. The molecular formula is C14H17F3N4O2. The Morgan fingerprint density at radius 2 is 2.04 bits per heavy atom.